The summed E-state index contributed by atoms with van der Waals surface area (Å²) in [7, 11) is 1.27. The Labute approximate surface area is 97.1 Å². The van der Waals surface area contributed by atoms with E-state index in [4.69, 9.17) is 0 Å². The van der Waals surface area contributed by atoms with Gasteiger partial charge in [0, 0.05) is 11.6 Å². The summed E-state index contributed by atoms with van der Waals surface area (Å²) in [5.41, 5.74) is 0.933. The molecule has 0 unspecified atom stereocenters. The van der Waals surface area contributed by atoms with Crippen molar-refractivity contribution >= 4 is 5.97 Å². The second-order valence-corrected chi connectivity index (χ2v) is 3.35. The number of aromatic nitrogens is 2. The Kier molecular flexibility index (Phi) is 3.00. The highest BCUT2D eigenvalue weighted by molar-refractivity contribution is 5.94. The summed E-state index contributed by atoms with van der Waals surface area (Å²) >= 11 is 0. The van der Waals surface area contributed by atoms with E-state index in [2.05, 4.69) is 14.9 Å². The quantitative estimate of drug-likeness (QED) is 0.787. The van der Waals surface area contributed by atoms with Crippen LogP contribution in [-0.4, -0.2) is 23.3 Å². The molecule has 0 radical (unpaired) electrons. The number of carbonyl (C=O) groups is 1. The van der Waals surface area contributed by atoms with E-state index in [0.717, 1.165) is 5.56 Å². The first kappa shape index (κ1) is 11.1. The van der Waals surface area contributed by atoms with Crippen molar-refractivity contribution in [1.82, 2.24) is 10.2 Å². The SMILES string of the molecule is COC(=O)c1n[nH]c(=O)cc1-c1ccccc1. The summed E-state index contributed by atoms with van der Waals surface area (Å²) in [6, 6.07) is 10.4. The number of benzene rings is 1. The Balaban J connectivity index is 2.63. The molecule has 2 aromatic rings. The van der Waals surface area contributed by atoms with Crippen LogP contribution in [0.5, 0.6) is 0 Å². The van der Waals surface area contributed by atoms with Crippen LogP contribution in [0.15, 0.2) is 41.2 Å². The number of rotatable bonds is 2. The van der Waals surface area contributed by atoms with Crippen molar-refractivity contribution in [3.05, 3.63) is 52.4 Å². The molecule has 0 aliphatic heterocycles. The van der Waals surface area contributed by atoms with E-state index in [0.29, 0.717) is 5.56 Å². The van der Waals surface area contributed by atoms with E-state index >= 15 is 0 Å². The van der Waals surface area contributed by atoms with E-state index in [-0.39, 0.29) is 11.3 Å². The summed E-state index contributed by atoms with van der Waals surface area (Å²) in [5.74, 6) is -0.583. The second-order valence-electron chi connectivity index (χ2n) is 3.35. The standard InChI is InChI=1S/C12H10N2O3/c1-17-12(16)11-9(7-10(15)13-14-11)8-5-3-2-4-6-8/h2-7H,1H3,(H,13,15). The largest absolute Gasteiger partial charge is 0.464 e. The number of carbonyl (C=O) groups excluding carboxylic acids is 1. The molecule has 5 nitrogen and oxygen atoms in total. The molecule has 1 N–H and O–H groups in total. The molecule has 17 heavy (non-hydrogen) atoms. The van der Waals surface area contributed by atoms with Gasteiger partial charge in [0.25, 0.3) is 5.56 Å². The number of nitrogens with one attached hydrogen (secondary N) is 1. The van der Waals surface area contributed by atoms with Crippen molar-refractivity contribution in [2.24, 2.45) is 0 Å². The van der Waals surface area contributed by atoms with Gasteiger partial charge in [-0.25, -0.2) is 9.89 Å². The molecule has 0 bridgehead atoms. The van der Waals surface area contributed by atoms with Crippen LogP contribution in [0.25, 0.3) is 11.1 Å². The molecule has 5 heteroatoms. The van der Waals surface area contributed by atoms with Crippen LogP contribution in [0.1, 0.15) is 10.5 Å². The van der Waals surface area contributed by atoms with Gasteiger partial charge in [0.15, 0.2) is 5.69 Å². The Morgan fingerprint density at radius 2 is 2.00 bits per heavy atom. The highest BCUT2D eigenvalue weighted by Gasteiger charge is 2.15. The number of nitrogens with zero attached hydrogens (tertiary/aromatic N) is 1. The average molecular weight is 230 g/mol. The van der Waals surface area contributed by atoms with Gasteiger partial charge in [0.2, 0.25) is 0 Å². The zero-order valence-corrected chi connectivity index (χ0v) is 9.14. The lowest BCUT2D eigenvalue weighted by Crippen LogP contribution is -2.15. The van der Waals surface area contributed by atoms with Crippen LogP contribution in [0.2, 0.25) is 0 Å². The Hall–Kier alpha value is -2.43. The Morgan fingerprint density at radius 3 is 2.65 bits per heavy atom. The van der Waals surface area contributed by atoms with Gasteiger partial charge in [-0.15, -0.1) is 0 Å². The van der Waals surface area contributed by atoms with E-state index < -0.39 is 5.97 Å². The van der Waals surface area contributed by atoms with Gasteiger partial charge < -0.3 is 4.74 Å². The van der Waals surface area contributed by atoms with Gasteiger partial charge in [0.1, 0.15) is 0 Å². The third kappa shape index (κ3) is 2.23. The molecule has 0 atom stereocenters. The number of hydrogen-bond acceptors (Lipinski definition) is 4. The number of hydrogen-bond donors (Lipinski definition) is 1. The monoisotopic (exact) mass is 230 g/mol. The normalized spacial score (nSPS) is 9.94. The zero-order valence-electron chi connectivity index (χ0n) is 9.14. The number of esters is 1. The highest BCUT2D eigenvalue weighted by Crippen LogP contribution is 2.20. The van der Waals surface area contributed by atoms with Crippen molar-refractivity contribution in [1.29, 1.82) is 0 Å². The lowest BCUT2D eigenvalue weighted by atomic mass is 10.1. The number of aromatic amines is 1. The van der Waals surface area contributed by atoms with E-state index in [1.807, 2.05) is 18.2 Å². The van der Waals surface area contributed by atoms with Crippen LogP contribution in [-0.2, 0) is 4.74 Å². The molecular formula is C12H10N2O3. The molecular weight excluding hydrogens is 220 g/mol. The lowest BCUT2D eigenvalue weighted by Gasteiger charge is -2.05. The van der Waals surface area contributed by atoms with Crippen molar-refractivity contribution in [3.8, 4) is 11.1 Å². The molecule has 0 saturated carbocycles. The van der Waals surface area contributed by atoms with Crippen molar-refractivity contribution < 1.29 is 9.53 Å². The third-order valence-corrected chi connectivity index (χ3v) is 2.27. The molecule has 1 aromatic heterocycles. The fourth-order valence-corrected chi connectivity index (χ4v) is 1.49. The first-order valence-corrected chi connectivity index (χ1v) is 4.96. The fraction of sp³-hybridized carbons (Fsp3) is 0.0833. The topological polar surface area (TPSA) is 72.0 Å². The molecule has 0 fully saturated rings. The van der Waals surface area contributed by atoms with Crippen molar-refractivity contribution in [2.75, 3.05) is 7.11 Å². The van der Waals surface area contributed by atoms with Crippen LogP contribution in [0.4, 0.5) is 0 Å². The first-order valence-electron chi connectivity index (χ1n) is 4.96. The molecule has 0 spiro atoms. The van der Waals surface area contributed by atoms with Gasteiger partial charge >= 0.3 is 5.97 Å². The third-order valence-electron chi connectivity index (χ3n) is 2.27. The molecule has 0 aliphatic carbocycles. The van der Waals surface area contributed by atoms with E-state index in [1.165, 1.54) is 13.2 Å². The van der Waals surface area contributed by atoms with Gasteiger partial charge in [0.05, 0.1) is 7.11 Å². The summed E-state index contributed by atoms with van der Waals surface area (Å²) in [6.45, 7) is 0. The zero-order chi connectivity index (χ0) is 12.3. The Bertz CT molecular complexity index is 590. The number of H-pyrrole nitrogens is 1. The maximum absolute atomic E-state index is 11.5. The summed E-state index contributed by atoms with van der Waals surface area (Å²) in [4.78, 5) is 22.8. The van der Waals surface area contributed by atoms with Crippen LogP contribution in [0.3, 0.4) is 0 Å². The molecule has 0 saturated heterocycles. The minimum Gasteiger partial charge on any atom is -0.464 e. The maximum atomic E-state index is 11.5. The summed E-state index contributed by atoms with van der Waals surface area (Å²) < 4.78 is 4.61. The minimum absolute atomic E-state index is 0.0956. The van der Waals surface area contributed by atoms with Crippen LogP contribution >= 0.6 is 0 Å². The Morgan fingerprint density at radius 1 is 1.29 bits per heavy atom. The highest BCUT2D eigenvalue weighted by atomic mass is 16.5. The van der Waals surface area contributed by atoms with Crippen molar-refractivity contribution in [2.45, 2.75) is 0 Å². The van der Waals surface area contributed by atoms with Gasteiger partial charge in [-0.1, -0.05) is 30.3 Å². The molecule has 0 amide bonds. The molecule has 1 aromatic carbocycles. The van der Waals surface area contributed by atoms with Crippen LogP contribution in [0, 0.1) is 0 Å². The predicted molar refractivity (Wildman–Crippen MR) is 61.6 cm³/mol. The van der Waals surface area contributed by atoms with Crippen LogP contribution < -0.4 is 5.56 Å². The first-order chi connectivity index (χ1) is 8.22. The minimum atomic E-state index is -0.583. The van der Waals surface area contributed by atoms with Crippen molar-refractivity contribution in [3.63, 3.8) is 0 Å². The predicted octanol–water partition coefficient (Wildman–Crippen LogP) is 1.22. The summed E-state index contributed by atoms with van der Waals surface area (Å²) in [5, 5.41) is 5.93. The maximum Gasteiger partial charge on any atom is 0.359 e. The van der Waals surface area contributed by atoms with Gasteiger partial charge in [-0.3, -0.25) is 4.79 Å². The van der Waals surface area contributed by atoms with Gasteiger partial charge in [-0.05, 0) is 5.56 Å². The smallest absolute Gasteiger partial charge is 0.359 e. The van der Waals surface area contributed by atoms with E-state index in [9.17, 15) is 9.59 Å². The van der Waals surface area contributed by atoms with Gasteiger partial charge in [-0.2, -0.15) is 5.10 Å². The second kappa shape index (κ2) is 4.61. The molecule has 2 rings (SSSR count). The molecule has 1 heterocycles. The molecule has 0 aliphatic rings. The summed E-state index contributed by atoms with van der Waals surface area (Å²) in [6.07, 6.45) is 0. The molecule has 86 valence electrons. The number of ether oxygens (including phenoxy) is 1. The van der Waals surface area contributed by atoms with E-state index in [1.54, 1.807) is 12.1 Å². The fourth-order valence-electron chi connectivity index (χ4n) is 1.49. The average Bonchev–Trinajstić information content (AvgIpc) is 2.39. The lowest BCUT2D eigenvalue weighted by molar-refractivity contribution is 0.0593. The number of methoxy groups -OCH3 is 1.